The normalized spacial score (nSPS) is 10.7. The Bertz CT molecular complexity index is 515. The number of rotatable bonds is 7. The van der Waals surface area contributed by atoms with Crippen LogP contribution in [-0.2, 0) is 12.8 Å². The molecule has 0 aliphatic carbocycles. The van der Waals surface area contributed by atoms with E-state index in [0.29, 0.717) is 24.0 Å². The number of aromatic hydroxyl groups is 1. The highest BCUT2D eigenvalue weighted by Crippen LogP contribution is 2.45. The fraction of sp³-hybridized carbons (Fsp3) is 0.533. The van der Waals surface area contributed by atoms with E-state index >= 15 is 0 Å². The lowest BCUT2D eigenvalue weighted by Crippen LogP contribution is -2.08. The first-order valence-electron chi connectivity index (χ1n) is 7.06. The molecule has 1 rings (SSSR count). The number of halogens is 2. The summed E-state index contributed by atoms with van der Waals surface area (Å²) < 4.78 is 4.75. The molecule has 0 saturated heterocycles. The molecule has 0 radical (unpaired) electrons. The molecule has 0 atom stereocenters. The van der Waals surface area contributed by atoms with Gasteiger partial charge in [-0.25, -0.2) is 4.79 Å². The van der Waals surface area contributed by atoms with Crippen molar-refractivity contribution in [3.63, 3.8) is 0 Å². The summed E-state index contributed by atoms with van der Waals surface area (Å²) in [6.07, 6.45) is 2.95. The van der Waals surface area contributed by atoms with Crippen LogP contribution in [0.2, 0.25) is 10.0 Å². The summed E-state index contributed by atoms with van der Waals surface area (Å²) in [7, 11) is 0. The Morgan fingerprint density at radius 2 is 1.52 bits per heavy atom. The van der Waals surface area contributed by atoms with Crippen molar-refractivity contribution < 1.29 is 19.7 Å². The van der Waals surface area contributed by atoms with E-state index in [2.05, 4.69) is 0 Å². The van der Waals surface area contributed by atoms with Crippen molar-refractivity contribution in [2.24, 2.45) is 0 Å². The molecule has 0 spiro atoms. The van der Waals surface area contributed by atoms with Gasteiger partial charge in [0.25, 0.3) is 0 Å². The smallest absolute Gasteiger partial charge is 0.504 e. The SMILES string of the molecule is CCCCc1c(O)c(OC(=O)O)c(CCCC)c(Cl)c1Cl. The van der Waals surface area contributed by atoms with Crippen LogP contribution in [0.4, 0.5) is 4.79 Å². The second-order valence-electron chi connectivity index (χ2n) is 4.84. The maximum absolute atomic E-state index is 10.9. The van der Waals surface area contributed by atoms with Crippen molar-refractivity contribution in [3.8, 4) is 11.5 Å². The van der Waals surface area contributed by atoms with Gasteiger partial charge in [0.15, 0.2) is 11.5 Å². The van der Waals surface area contributed by atoms with Gasteiger partial charge in [-0.15, -0.1) is 0 Å². The fourth-order valence-electron chi connectivity index (χ4n) is 2.10. The van der Waals surface area contributed by atoms with Gasteiger partial charge in [-0.3, -0.25) is 0 Å². The van der Waals surface area contributed by atoms with E-state index in [4.69, 9.17) is 33.0 Å². The number of phenols is 1. The Balaban J connectivity index is 3.38. The van der Waals surface area contributed by atoms with E-state index in [1.54, 1.807) is 0 Å². The number of unbranched alkanes of at least 4 members (excludes halogenated alkanes) is 2. The average molecular weight is 335 g/mol. The van der Waals surface area contributed by atoms with Crippen LogP contribution >= 0.6 is 23.2 Å². The maximum atomic E-state index is 10.9. The number of benzene rings is 1. The third kappa shape index (κ3) is 4.42. The quantitative estimate of drug-likeness (QED) is 0.514. The molecule has 0 bridgehead atoms. The molecular formula is C15H20Cl2O4. The summed E-state index contributed by atoms with van der Waals surface area (Å²) in [4.78, 5) is 10.9. The van der Waals surface area contributed by atoms with Gasteiger partial charge < -0.3 is 14.9 Å². The first-order valence-corrected chi connectivity index (χ1v) is 7.81. The minimum atomic E-state index is -1.48. The van der Waals surface area contributed by atoms with Crippen molar-refractivity contribution in [1.29, 1.82) is 0 Å². The summed E-state index contributed by atoms with van der Waals surface area (Å²) in [5.74, 6) is -0.303. The summed E-state index contributed by atoms with van der Waals surface area (Å²) in [6, 6.07) is 0. The Morgan fingerprint density at radius 1 is 1.05 bits per heavy atom. The minimum Gasteiger partial charge on any atom is -0.504 e. The zero-order valence-electron chi connectivity index (χ0n) is 12.2. The van der Waals surface area contributed by atoms with E-state index in [-0.39, 0.29) is 21.5 Å². The maximum Gasteiger partial charge on any atom is 0.511 e. The molecule has 21 heavy (non-hydrogen) atoms. The summed E-state index contributed by atoms with van der Waals surface area (Å²) in [5, 5.41) is 19.7. The van der Waals surface area contributed by atoms with Crippen molar-refractivity contribution in [2.45, 2.75) is 52.4 Å². The third-order valence-corrected chi connectivity index (χ3v) is 4.18. The molecule has 0 unspecified atom stereocenters. The number of carboxylic acid groups (broad SMARTS) is 1. The molecule has 0 aliphatic rings. The molecule has 0 fully saturated rings. The van der Waals surface area contributed by atoms with Crippen molar-refractivity contribution >= 4 is 29.4 Å². The second-order valence-corrected chi connectivity index (χ2v) is 5.59. The number of carbonyl (C=O) groups is 1. The number of phenolic OH excluding ortho intramolecular Hbond substituents is 1. The predicted molar refractivity (Wildman–Crippen MR) is 84.0 cm³/mol. The fourth-order valence-corrected chi connectivity index (χ4v) is 2.70. The van der Waals surface area contributed by atoms with Crippen molar-refractivity contribution in [2.75, 3.05) is 0 Å². The van der Waals surface area contributed by atoms with Crippen LogP contribution in [0.3, 0.4) is 0 Å². The van der Waals surface area contributed by atoms with E-state index < -0.39 is 6.16 Å². The zero-order chi connectivity index (χ0) is 16.0. The molecule has 0 aliphatic heterocycles. The molecular weight excluding hydrogens is 315 g/mol. The first kappa shape index (κ1) is 17.9. The van der Waals surface area contributed by atoms with Crippen LogP contribution in [0, 0.1) is 0 Å². The van der Waals surface area contributed by atoms with E-state index in [0.717, 1.165) is 25.7 Å². The molecule has 1 aromatic carbocycles. The van der Waals surface area contributed by atoms with Gasteiger partial charge in [0.2, 0.25) is 0 Å². The van der Waals surface area contributed by atoms with Crippen LogP contribution in [0.5, 0.6) is 11.5 Å². The second kappa shape index (κ2) is 8.35. The van der Waals surface area contributed by atoms with E-state index in [1.807, 2.05) is 13.8 Å². The average Bonchev–Trinajstić information content (AvgIpc) is 2.44. The molecule has 0 amide bonds. The monoisotopic (exact) mass is 334 g/mol. The van der Waals surface area contributed by atoms with Crippen LogP contribution in [0.1, 0.15) is 50.7 Å². The molecule has 0 heterocycles. The number of hydrogen-bond donors (Lipinski definition) is 2. The van der Waals surface area contributed by atoms with Gasteiger partial charge >= 0.3 is 6.16 Å². The van der Waals surface area contributed by atoms with Crippen LogP contribution < -0.4 is 4.74 Å². The molecule has 4 nitrogen and oxygen atoms in total. The van der Waals surface area contributed by atoms with Crippen LogP contribution in [0.15, 0.2) is 0 Å². The lowest BCUT2D eigenvalue weighted by molar-refractivity contribution is 0.142. The standard InChI is InChI=1S/C15H20Cl2O4/c1-3-5-7-9-11(16)12(17)10(8-6-4-2)14(13(9)18)21-15(19)20/h18H,3-8H2,1-2H3,(H,19,20). The molecule has 118 valence electrons. The molecule has 0 aromatic heterocycles. The van der Waals surface area contributed by atoms with Gasteiger partial charge in [0, 0.05) is 11.1 Å². The van der Waals surface area contributed by atoms with Gasteiger partial charge in [0.1, 0.15) is 0 Å². The lowest BCUT2D eigenvalue weighted by atomic mass is 10.00. The van der Waals surface area contributed by atoms with Gasteiger partial charge in [-0.2, -0.15) is 0 Å². The third-order valence-electron chi connectivity index (χ3n) is 3.25. The highest BCUT2D eigenvalue weighted by Gasteiger charge is 2.24. The highest BCUT2D eigenvalue weighted by molar-refractivity contribution is 6.43. The van der Waals surface area contributed by atoms with Gasteiger partial charge in [-0.1, -0.05) is 49.9 Å². The van der Waals surface area contributed by atoms with Crippen LogP contribution in [0.25, 0.3) is 0 Å². The molecule has 2 N–H and O–H groups in total. The minimum absolute atomic E-state index is 0.0866. The number of hydrogen-bond acceptors (Lipinski definition) is 3. The first-order chi connectivity index (χ1) is 9.93. The Morgan fingerprint density at radius 3 is 2.00 bits per heavy atom. The molecule has 6 heteroatoms. The largest absolute Gasteiger partial charge is 0.511 e. The Labute approximate surface area is 134 Å². The van der Waals surface area contributed by atoms with Crippen molar-refractivity contribution in [1.82, 2.24) is 0 Å². The molecule has 1 aromatic rings. The molecule has 0 saturated carbocycles. The summed E-state index contributed by atoms with van der Waals surface area (Å²) in [6.45, 7) is 4.01. The Hall–Kier alpha value is -1.13. The summed E-state index contributed by atoms with van der Waals surface area (Å²) in [5.41, 5.74) is 0.892. The summed E-state index contributed by atoms with van der Waals surface area (Å²) >= 11 is 12.5. The zero-order valence-corrected chi connectivity index (χ0v) is 13.7. The predicted octanol–water partition coefficient (Wildman–Crippen LogP) is 5.44. The Kier molecular flexibility index (Phi) is 7.12. The lowest BCUT2D eigenvalue weighted by Gasteiger charge is -2.17. The van der Waals surface area contributed by atoms with Crippen molar-refractivity contribution in [3.05, 3.63) is 21.2 Å². The number of ether oxygens (including phenoxy) is 1. The van der Waals surface area contributed by atoms with Gasteiger partial charge in [-0.05, 0) is 25.7 Å². The highest BCUT2D eigenvalue weighted by atomic mass is 35.5. The topological polar surface area (TPSA) is 66.8 Å². The van der Waals surface area contributed by atoms with E-state index in [1.165, 1.54) is 0 Å². The van der Waals surface area contributed by atoms with Gasteiger partial charge in [0.05, 0.1) is 10.0 Å². The van der Waals surface area contributed by atoms with E-state index in [9.17, 15) is 9.90 Å². The van der Waals surface area contributed by atoms with Crippen LogP contribution in [-0.4, -0.2) is 16.4 Å².